The average molecular weight is 300 g/mol. The van der Waals surface area contributed by atoms with Crippen molar-refractivity contribution in [3.63, 3.8) is 0 Å². The molecule has 2 heterocycles. The Hall–Kier alpha value is -2.34. The fourth-order valence-corrected chi connectivity index (χ4v) is 2.47. The zero-order valence-corrected chi connectivity index (χ0v) is 12.4. The first-order chi connectivity index (χ1) is 10.8. The Bertz CT molecular complexity index is 606. The number of nitrogens with one attached hydrogen (secondary N) is 1. The number of ether oxygens (including phenoxy) is 1. The van der Waals surface area contributed by atoms with E-state index in [-0.39, 0.29) is 5.91 Å². The second-order valence-corrected chi connectivity index (χ2v) is 5.22. The number of carbonyl (C=O) groups excluding carboxylic acids is 1. The van der Waals surface area contributed by atoms with Gasteiger partial charge in [0.1, 0.15) is 0 Å². The van der Waals surface area contributed by atoms with Crippen molar-refractivity contribution >= 4 is 17.3 Å². The number of amides is 1. The van der Waals surface area contributed by atoms with Crippen LogP contribution in [-0.4, -0.2) is 42.0 Å². The Kier molecular flexibility index (Phi) is 4.70. The minimum Gasteiger partial charge on any atom is -0.378 e. The lowest BCUT2D eigenvalue weighted by Crippen LogP contribution is -2.36. The van der Waals surface area contributed by atoms with Gasteiger partial charge >= 0.3 is 0 Å². The fourth-order valence-electron chi connectivity index (χ4n) is 2.47. The summed E-state index contributed by atoms with van der Waals surface area (Å²) in [6, 6.07) is 9.80. The third-order valence-electron chi connectivity index (χ3n) is 3.63. The highest BCUT2D eigenvalue weighted by Crippen LogP contribution is 2.20. The molecule has 6 nitrogen and oxygen atoms in total. The summed E-state index contributed by atoms with van der Waals surface area (Å²) >= 11 is 0. The number of anilines is 2. The summed E-state index contributed by atoms with van der Waals surface area (Å²) in [5, 5.41) is 7.03. The van der Waals surface area contributed by atoms with Crippen LogP contribution in [0.2, 0.25) is 0 Å². The number of morpholine rings is 1. The lowest BCUT2D eigenvalue weighted by atomic mass is 10.2. The summed E-state index contributed by atoms with van der Waals surface area (Å²) < 4.78 is 7.12. The zero-order chi connectivity index (χ0) is 15.2. The van der Waals surface area contributed by atoms with Crippen LogP contribution in [0, 0.1) is 0 Å². The summed E-state index contributed by atoms with van der Waals surface area (Å²) in [6.45, 7) is 3.86. The van der Waals surface area contributed by atoms with Gasteiger partial charge in [0.05, 0.1) is 13.2 Å². The van der Waals surface area contributed by atoms with E-state index >= 15 is 0 Å². The molecule has 1 saturated heterocycles. The second kappa shape index (κ2) is 7.09. The van der Waals surface area contributed by atoms with Crippen LogP contribution in [0.1, 0.15) is 6.42 Å². The highest BCUT2D eigenvalue weighted by atomic mass is 16.5. The molecule has 1 amide bonds. The molecule has 22 heavy (non-hydrogen) atoms. The van der Waals surface area contributed by atoms with Crippen LogP contribution in [0.5, 0.6) is 0 Å². The molecule has 3 rings (SSSR count). The normalized spacial score (nSPS) is 14.8. The van der Waals surface area contributed by atoms with Gasteiger partial charge in [-0.15, -0.1) is 0 Å². The Morgan fingerprint density at radius 2 is 2.14 bits per heavy atom. The predicted molar refractivity (Wildman–Crippen MR) is 84.9 cm³/mol. The van der Waals surface area contributed by atoms with Gasteiger partial charge in [0.15, 0.2) is 0 Å². The topological polar surface area (TPSA) is 59.4 Å². The molecule has 1 fully saturated rings. The third kappa shape index (κ3) is 3.85. The van der Waals surface area contributed by atoms with E-state index in [0.29, 0.717) is 13.0 Å². The van der Waals surface area contributed by atoms with Gasteiger partial charge in [-0.1, -0.05) is 6.07 Å². The van der Waals surface area contributed by atoms with Crippen molar-refractivity contribution in [2.24, 2.45) is 0 Å². The Balaban J connectivity index is 1.56. The first kappa shape index (κ1) is 14.6. The predicted octanol–water partition coefficient (Wildman–Crippen LogP) is 1.75. The van der Waals surface area contributed by atoms with Crippen LogP contribution in [0.3, 0.4) is 0 Å². The van der Waals surface area contributed by atoms with E-state index in [0.717, 1.165) is 37.7 Å². The smallest absolute Gasteiger partial charge is 0.226 e. The number of hydrogen-bond acceptors (Lipinski definition) is 4. The molecule has 0 radical (unpaired) electrons. The molecule has 0 saturated carbocycles. The minimum atomic E-state index is -0.00497. The van der Waals surface area contributed by atoms with Gasteiger partial charge in [0.2, 0.25) is 5.91 Å². The van der Waals surface area contributed by atoms with E-state index in [1.165, 1.54) is 0 Å². The molecule has 6 heteroatoms. The molecule has 0 spiro atoms. The molecule has 2 aromatic rings. The van der Waals surface area contributed by atoms with Gasteiger partial charge in [0.25, 0.3) is 0 Å². The van der Waals surface area contributed by atoms with Crippen LogP contribution < -0.4 is 10.2 Å². The van der Waals surface area contributed by atoms with Crippen LogP contribution in [0.15, 0.2) is 42.7 Å². The first-order valence-corrected chi connectivity index (χ1v) is 7.51. The SMILES string of the molecule is O=C(CCn1cccn1)Nc1cccc(N2CCOCC2)c1. The van der Waals surface area contributed by atoms with Crippen molar-refractivity contribution in [3.05, 3.63) is 42.7 Å². The fraction of sp³-hybridized carbons (Fsp3) is 0.375. The van der Waals surface area contributed by atoms with Crippen LogP contribution in [-0.2, 0) is 16.1 Å². The zero-order valence-electron chi connectivity index (χ0n) is 12.4. The Morgan fingerprint density at radius 3 is 2.91 bits per heavy atom. The summed E-state index contributed by atoms with van der Waals surface area (Å²) in [5.41, 5.74) is 1.95. The van der Waals surface area contributed by atoms with E-state index < -0.39 is 0 Å². The van der Waals surface area contributed by atoms with Crippen molar-refractivity contribution in [2.75, 3.05) is 36.5 Å². The van der Waals surface area contributed by atoms with E-state index in [1.54, 1.807) is 10.9 Å². The second-order valence-electron chi connectivity index (χ2n) is 5.22. The van der Waals surface area contributed by atoms with Crippen molar-refractivity contribution in [2.45, 2.75) is 13.0 Å². The maximum Gasteiger partial charge on any atom is 0.226 e. The number of rotatable bonds is 5. The molecule has 0 aliphatic carbocycles. The number of carbonyl (C=O) groups is 1. The van der Waals surface area contributed by atoms with Gasteiger partial charge in [-0.25, -0.2) is 0 Å². The lowest BCUT2D eigenvalue weighted by Gasteiger charge is -2.29. The van der Waals surface area contributed by atoms with Gasteiger partial charge in [0, 0.05) is 49.8 Å². The summed E-state index contributed by atoms with van der Waals surface area (Å²) in [4.78, 5) is 14.3. The van der Waals surface area contributed by atoms with Crippen molar-refractivity contribution in [3.8, 4) is 0 Å². The van der Waals surface area contributed by atoms with E-state index in [1.807, 2.05) is 30.5 Å². The summed E-state index contributed by atoms with van der Waals surface area (Å²) in [6.07, 6.45) is 3.97. The van der Waals surface area contributed by atoms with Crippen LogP contribution in [0.25, 0.3) is 0 Å². The summed E-state index contributed by atoms with van der Waals surface area (Å²) in [7, 11) is 0. The Labute approximate surface area is 129 Å². The quantitative estimate of drug-likeness (QED) is 0.914. The highest BCUT2D eigenvalue weighted by Gasteiger charge is 2.12. The molecular weight excluding hydrogens is 280 g/mol. The molecule has 1 aromatic heterocycles. The minimum absolute atomic E-state index is 0.00497. The number of nitrogens with zero attached hydrogens (tertiary/aromatic N) is 3. The Morgan fingerprint density at radius 1 is 1.27 bits per heavy atom. The molecule has 1 aromatic carbocycles. The van der Waals surface area contributed by atoms with Crippen LogP contribution in [0.4, 0.5) is 11.4 Å². The molecule has 1 aliphatic rings. The van der Waals surface area contributed by atoms with Gasteiger partial charge in [-0.05, 0) is 24.3 Å². The van der Waals surface area contributed by atoms with E-state index in [2.05, 4.69) is 21.4 Å². The molecule has 0 atom stereocenters. The average Bonchev–Trinajstić information content (AvgIpc) is 3.08. The highest BCUT2D eigenvalue weighted by molar-refractivity contribution is 5.91. The molecule has 0 bridgehead atoms. The monoisotopic (exact) mass is 300 g/mol. The maximum absolute atomic E-state index is 12.0. The molecule has 0 unspecified atom stereocenters. The standard InChI is InChI=1S/C16H20N4O2/c21-16(5-8-20-7-2-6-17-20)18-14-3-1-4-15(13-14)19-9-11-22-12-10-19/h1-4,6-7,13H,5,8-12H2,(H,18,21). The third-order valence-corrected chi connectivity index (χ3v) is 3.63. The van der Waals surface area contributed by atoms with Crippen molar-refractivity contribution < 1.29 is 9.53 Å². The lowest BCUT2D eigenvalue weighted by molar-refractivity contribution is -0.116. The van der Waals surface area contributed by atoms with E-state index in [9.17, 15) is 4.79 Å². The largest absolute Gasteiger partial charge is 0.378 e. The molecule has 1 N–H and O–H groups in total. The van der Waals surface area contributed by atoms with Crippen molar-refractivity contribution in [1.29, 1.82) is 0 Å². The first-order valence-electron chi connectivity index (χ1n) is 7.51. The number of aryl methyl sites for hydroxylation is 1. The van der Waals surface area contributed by atoms with Crippen LogP contribution >= 0.6 is 0 Å². The number of benzene rings is 1. The van der Waals surface area contributed by atoms with Gasteiger partial charge in [-0.2, -0.15) is 5.10 Å². The molecular formula is C16H20N4O2. The molecule has 116 valence electrons. The van der Waals surface area contributed by atoms with Gasteiger partial charge < -0.3 is 15.0 Å². The maximum atomic E-state index is 12.0. The molecule has 1 aliphatic heterocycles. The summed E-state index contributed by atoms with van der Waals surface area (Å²) in [5.74, 6) is -0.00497. The number of aromatic nitrogens is 2. The number of hydrogen-bond donors (Lipinski definition) is 1. The van der Waals surface area contributed by atoms with Gasteiger partial charge in [-0.3, -0.25) is 9.48 Å². The van der Waals surface area contributed by atoms with E-state index in [4.69, 9.17) is 4.74 Å². The van der Waals surface area contributed by atoms with Crippen molar-refractivity contribution in [1.82, 2.24) is 9.78 Å².